The molecule has 0 amide bonds. The minimum absolute atomic E-state index is 0.278. The van der Waals surface area contributed by atoms with E-state index in [1.165, 1.54) is 0 Å². The van der Waals surface area contributed by atoms with Crippen molar-refractivity contribution < 1.29 is 9.47 Å². The van der Waals surface area contributed by atoms with Crippen LogP contribution in [0.15, 0.2) is 18.3 Å². The van der Waals surface area contributed by atoms with Crippen LogP contribution < -0.4 is 10.1 Å². The van der Waals surface area contributed by atoms with Crippen molar-refractivity contribution in [3.63, 3.8) is 0 Å². The lowest BCUT2D eigenvalue weighted by molar-refractivity contribution is 0.141. The zero-order valence-corrected chi connectivity index (χ0v) is 9.49. The van der Waals surface area contributed by atoms with E-state index in [2.05, 4.69) is 17.2 Å². The van der Waals surface area contributed by atoms with Crippen molar-refractivity contribution in [2.75, 3.05) is 25.6 Å². The molecule has 15 heavy (non-hydrogen) atoms. The van der Waals surface area contributed by atoms with Crippen LogP contribution in [0.1, 0.15) is 13.8 Å². The zero-order chi connectivity index (χ0) is 11.1. The number of anilines is 1. The van der Waals surface area contributed by atoms with Crippen molar-refractivity contribution in [1.29, 1.82) is 0 Å². The lowest BCUT2D eigenvalue weighted by Gasteiger charge is -2.14. The number of methoxy groups -OCH3 is 1. The number of aromatic nitrogens is 1. The van der Waals surface area contributed by atoms with Crippen molar-refractivity contribution in [2.45, 2.75) is 19.9 Å². The van der Waals surface area contributed by atoms with Crippen LogP contribution in [0, 0.1) is 0 Å². The Morgan fingerprint density at radius 2 is 2.27 bits per heavy atom. The summed E-state index contributed by atoms with van der Waals surface area (Å²) in [6, 6.07) is 4.05. The molecular formula is C11H18N2O2. The molecule has 0 saturated carbocycles. The second-order valence-electron chi connectivity index (χ2n) is 3.29. The van der Waals surface area contributed by atoms with Crippen LogP contribution in [0.3, 0.4) is 0 Å². The molecule has 1 aromatic rings. The topological polar surface area (TPSA) is 43.4 Å². The highest BCUT2D eigenvalue weighted by molar-refractivity contribution is 5.42. The van der Waals surface area contributed by atoms with Crippen LogP contribution in [0.4, 0.5) is 5.69 Å². The van der Waals surface area contributed by atoms with E-state index in [4.69, 9.17) is 9.47 Å². The maximum Gasteiger partial charge on any atom is 0.213 e. The molecule has 4 heteroatoms. The third-order valence-corrected chi connectivity index (χ3v) is 1.93. The van der Waals surface area contributed by atoms with Gasteiger partial charge in [0.05, 0.1) is 25.6 Å². The molecule has 1 N–H and O–H groups in total. The Labute approximate surface area is 90.6 Å². The fourth-order valence-electron chi connectivity index (χ4n) is 1.21. The summed E-state index contributed by atoms with van der Waals surface area (Å²) in [7, 11) is 1.60. The standard InChI is InChI=1S/C11H18N2O2/c1-4-15-8-9(2)13-10-5-6-11(14-3)12-7-10/h5-7,9,13H,4,8H2,1-3H3/t9-/m1/s1. The number of nitrogens with one attached hydrogen (secondary N) is 1. The van der Waals surface area contributed by atoms with Gasteiger partial charge in [0.25, 0.3) is 0 Å². The smallest absolute Gasteiger partial charge is 0.213 e. The van der Waals surface area contributed by atoms with Gasteiger partial charge in [-0.1, -0.05) is 0 Å². The largest absolute Gasteiger partial charge is 0.481 e. The molecule has 4 nitrogen and oxygen atoms in total. The van der Waals surface area contributed by atoms with Crippen LogP contribution >= 0.6 is 0 Å². The zero-order valence-electron chi connectivity index (χ0n) is 9.49. The van der Waals surface area contributed by atoms with Gasteiger partial charge < -0.3 is 14.8 Å². The summed E-state index contributed by atoms with van der Waals surface area (Å²) in [6.07, 6.45) is 1.75. The predicted octanol–water partition coefficient (Wildman–Crippen LogP) is 1.93. The van der Waals surface area contributed by atoms with E-state index in [1.807, 2.05) is 19.1 Å². The Balaban J connectivity index is 2.42. The lowest BCUT2D eigenvalue weighted by atomic mass is 10.3. The Bertz CT molecular complexity index is 274. The van der Waals surface area contributed by atoms with Crippen LogP contribution in [0.25, 0.3) is 0 Å². The average molecular weight is 210 g/mol. The summed E-state index contributed by atoms with van der Waals surface area (Å²) in [4.78, 5) is 4.10. The molecule has 0 radical (unpaired) electrons. The molecule has 0 aliphatic rings. The molecule has 84 valence electrons. The van der Waals surface area contributed by atoms with Crippen molar-refractivity contribution in [3.8, 4) is 5.88 Å². The van der Waals surface area contributed by atoms with Crippen molar-refractivity contribution in [2.24, 2.45) is 0 Å². The minimum Gasteiger partial charge on any atom is -0.481 e. The minimum atomic E-state index is 0.278. The second kappa shape index (κ2) is 6.24. The molecule has 0 spiro atoms. The van der Waals surface area contributed by atoms with Gasteiger partial charge in [-0.3, -0.25) is 0 Å². The first-order chi connectivity index (χ1) is 7.26. The van der Waals surface area contributed by atoms with E-state index < -0.39 is 0 Å². The summed E-state index contributed by atoms with van der Waals surface area (Å²) in [5.41, 5.74) is 0.975. The third-order valence-electron chi connectivity index (χ3n) is 1.93. The van der Waals surface area contributed by atoms with E-state index in [-0.39, 0.29) is 6.04 Å². The predicted molar refractivity (Wildman–Crippen MR) is 60.4 cm³/mol. The Morgan fingerprint density at radius 1 is 1.47 bits per heavy atom. The molecule has 0 aliphatic heterocycles. The number of ether oxygens (including phenoxy) is 2. The molecule has 0 fully saturated rings. The molecule has 0 aliphatic carbocycles. The van der Waals surface area contributed by atoms with Gasteiger partial charge >= 0.3 is 0 Å². The monoisotopic (exact) mass is 210 g/mol. The number of nitrogens with zero attached hydrogens (tertiary/aromatic N) is 1. The van der Waals surface area contributed by atoms with Crippen LogP contribution in [-0.4, -0.2) is 31.3 Å². The Morgan fingerprint density at radius 3 is 2.80 bits per heavy atom. The molecule has 1 heterocycles. The highest BCUT2D eigenvalue weighted by Crippen LogP contribution is 2.11. The molecule has 1 aromatic heterocycles. The normalized spacial score (nSPS) is 12.2. The quantitative estimate of drug-likeness (QED) is 0.779. The Kier molecular flexibility index (Phi) is 4.90. The third kappa shape index (κ3) is 4.16. The Hall–Kier alpha value is -1.29. The maximum atomic E-state index is 5.30. The molecule has 0 aromatic carbocycles. The fourth-order valence-corrected chi connectivity index (χ4v) is 1.21. The molecule has 1 rings (SSSR count). The van der Waals surface area contributed by atoms with Crippen LogP contribution in [-0.2, 0) is 4.74 Å². The highest BCUT2D eigenvalue weighted by Gasteiger charge is 2.01. The summed E-state index contributed by atoms with van der Waals surface area (Å²) < 4.78 is 10.3. The van der Waals surface area contributed by atoms with Crippen molar-refractivity contribution in [1.82, 2.24) is 4.98 Å². The molecule has 0 saturated heterocycles. The van der Waals surface area contributed by atoms with Gasteiger partial charge in [-0.2, -0.15) is 0 Å². The van der Waals surface area contributed by atoms with E-state index in [0.717, 1.165) is 12.3 Å². The average Bonchev–Trinajstić information content (AvgIpc) is 2.27. The maximum absolute atomic E-state index is 5.30. The fraction of sp³-hybridized carbons (Fsp3) is 0.545. The van der Waals surface area contributed by atoms with E-state index in [9.17, 15) is 0 Å². The molecule has 0 bridgehead atoms. The van der Waals surface area contributed by atoms with Gasteiger partial charge in [0.15, 0.2) is 0 Å². The lowest BCUT2D eigenvalue weighted by Crippen LogP contribution is -2.21. The van der Waals surface area contributed by atoms with Gasteiger partial charge in [0, 0.05) is 18.7 Å². The van der Waals surface area contributed by atoms with Gasteiger partial charge in [0.2, 0.25) is 5.88 Å². The van der Waals surface area contributed by atoms with Crippen molar-refractivity contribution >= 4 is 5.69 Å². The van der Waals surface area contributed by atoms with Gasteiger partial charge in [0.1, 0.15) is 0 Å². The van der Waals surface area contributed by atoms with Gasteiger partial charge in [-0.15, -0.1) is 0 Å². The van der Waals surface area contributed by atoms with E-state index in [0.29, 0.717) is 12.5 Å². The van der Waals surface area contributed by atoms with Gasteiger partial charge in [-0.25, -0.2) is 4.98 Å². The van der Waals surface area contributed by atoms with E-state index in [1.54, 1.807) is 13.3 Å². The first-order valence-corrected chi connectivity index (χ1v) is 5.10. The van der Waals surface area contributed by atoms with Crippen LogP contribution in [0.2, 0.25) is 0 Å². The summed E-state index contributed by atoms with van der Waals surface area (Å²) >= 11 is 0. The first kappa shape index (κ1) is 11.8. The highest BCUT2D eigenvalue weighted by atomic mass is 16.5. The number of rotatable bonds is 6. The summed E-state index contributed by atoms with van der Waals surface area (Å²) in [5, 5.41) is 3.28. The number of pyridine rings is 1. The molecule has 1 atom stereocenters. The SMILES string of the molecule is CCOC[C@@H](C)Nc1ccc(OC)nc1. The second-order valence-corrected chi connectivity index (χ2v) is 3.29. The van der Waals surface area contributed by atoms with Crippen LogP contribution in [0.5, 0.6) is 5.88 Å². The van der Waals surface area contributed by atoms with E-state index >= 15 is 0 Å². The van der Waals surface area contributed by atoms with Crippen molar-refractivity contribution in [3.05, 3.63) is 18.3 Å². The summed E-state index contributed by atoms with van der Waals surface area (Å²) in [5.74, 6) is 0.623. The number of hydrogen-bond donors (Lipinski definition) is 1. The summed E-state index contributed by atoms with van der Waals surface area (Å²) in [6.45, 7) is 5.50. The first-order valence-electron chi connectivity index (χ1n) is 5.10. The molecular weight excluding hydrogens is 192 g/mol. The van der Waals surface area contributed by atoms with Gasteiger partial charge in [-0.05, 0) is 19.9 Å². The molecule has 0 unspecified atom stereocenters. The number of hydrogen-bond acceptors (Lipinski definition) is 4.